The Morgan fingerprint density at radius 2 is 1.78 bits per heavy atom. The fraction of sp³-hybridized carbons (Fsp3) is 0.350. The summed E-state index contributed by atoms with van der Waals surface area (Å²) in [6.07, 6.45) is 4.11. The third-order valence-electron chi connectivity index (χ3n) is 4.92. The minimum Gasteiger partial charge on any atom is -0.493 e. The molecular formula is C20H22ClFN2O2S. The molecule has 2 N–H and O–H groups in total. The van der Waals surface area contributed by atoms with Crippen LogP contribution in [-0.2, 0) is 5.54 Å². The maximum absolute atomic E-state index is 13.3. The van der Waals surface area contributed by atoms with Crippen LogP contribution < -0.4 is 20.1 Å². The molecule has 4 nitrogen and oxygen atoms in total. The first-order valence-electron chi connectivity index (χ1n) is 8.74. The molecule has 1 aliphatic carbocycles. The lowest BCUT2D eigenvalue weighted by atomic mass is 9.88. The van der Waals surface area contributed by atoms with Gasteiger partial charge in [-0.3, -0.25) is 0 Å². The Hall–Kier alpha value is -2.05. The Morgan fingerprint density at radius 3 is 2.41 bits per heavy atom. The van der Waals surface area contributed by atoms with E-state index in [0.29, 0.717) is 22.3 Å². The van der Waals surface area contributed by atoms with Crippen LogP contribution in [0.1, 0.15) is 31.2 Å². The summed E-state index contributed by atoms with van der Waals surface area (Å²) in [5.74, 6) is 0.919. The predicted molar refractivity (Wildman–Crippen MR) is 110 cm³/mol. The van der Waals surface area contributed by atoms with Crippen LogP contribution in [0, 0.1) is 5.82 Å². The number of hydrogen-bond donors (Lipinski definition) is 2. The van der Waals surface area contributed by atoms with Crippen LogP contribution in [0.3, 0.4) is 0 Å². The van der Waals surface area contributed by atoms with Crippen LogP contribution >= 0.6 is 23.8 Å². The van der Waals surface area contributed by atoms with Crippen LogP contribution in [0.25, 0.3) is 0 Å². The highest BCUT2D eigenvalue weighted by atomic mass is 35.5. The zero-order valence-electron chi connectivity index (χ0n) is 15.3. The largest absolute Gasteiger partial charge is 0.493 e. The van der Waals surface area contributed by atoms with E-state index in [9.17, 15) is 4.39 Å². The van der Waals surface area contributed by atoms with E-state index in [2.05, 4.69) is 10.6 Å². The number of anilines is 1. The molecule has 0 aromatic heterocycles. The third-order valence-corrected chi connectivity index (χ3v) is 5.42. The van der Waals surface area contributed by atoms with Gasteiger partial charge in [0.15, 0.2) is 16.6 Å². The summed E-state index contributed by atoms with van der Waals surface area (Å²) in [5, 5.41) is 7.08. The monoisotopic (exact) mass is 408 g/mol. The van der Waals surface area contributed by atoms with Crippen LogP contribution in [0.15, 0.2) is 36.4 Å². The van der Waals surface area contributed by atoms with Gasteiger partial charge in [-0.15, -0.1) is 0 Å². The van der Waals surface area contributed by atoms with Crippen molar-refractivity contribution in [2.24, 2.45) is 0 Å². The van der Waals surface area contributed by atoms with Gasteiger partial charge in [-0.05, 0) is 61.0 Å². The second-order valence-electron chi connectivity index (χ2n) is 6.57. The molecule has 2 aromatic rings. The van der Waals surface area contributed by atoms with Crippen LogP contribution in [-0.4, -0.2) is 19.3 Å². The number of rotatable bonds is 5. The molecule has 7 heteroatoms. The molecule has 27 heavy (non-hydrogen) atoms. The molecule has 0 radical (unpaired) electrons. The Kier molecular flexibility index (Phi) is 6.07. The molecule has 144 valence electrons. The molecule has 3 rings (SSSR count). The van der Waals surface area contributed by atoms with E-state index in [1.807, 2.05) is 18.2 Å². The highest BCUT2D eigenvalue weighted by Crippen LogP contribution is 2.41. The van der Waals surface area contributed by atoms with Gasteiger partial charge in [0.2, 0.25) is 0 Å². The van der Waals surface area contributed by atoms with Gasteiger partial charge >= 0.3 is 0 Å². The number of thiocarbonyl (C=S) groups is 1. The third kappa shape index (κ3) is 4.28. The fourth-order valence-electron chi connectivity index (χ4n) is 3.55. The lowest BCUT2D eigenvalue weighted by Crippen LogP contribution is -2.45. The van der Waals surface area contributed by atoms with Gasteiger partial charge in [-0.2, -0.15) is 0 Å². The van der Waals surface area contributed by atoms with Gasteiger partial charge in [-0.25, -0.2) is 4.39 Å². The minimum absolute atomic E-state index is 0.0540. The van der Waals surface area contributed by atoms with Gasteiger partial charge in [-0.1, -0.05) is 30.5 Å². The molecule has 0 saturated heterocycles. The van der Waals surface area contributed by atoms with Crippen molar-refractivity contribution in [1.29, 1.82) is 0 Å². The zero-order valence-corrected chi connectivity index (χ0v) is 16.8. The van der Waals surface area contributed by atoms with Crippen molar-refractivity contribution in [3.05, 3.63) is 52.8 Å². The van der Waals surface area contributed by atoms with Crippen LogP contribution in [0.5, 0.6) is 11.5 Å². The number of benzene rings is 2. The molecule has 0 spiro atoms. The zero-order chi connectivity index (χ0) is 19.4. The average molecular weight is 409 g/mol. The normalized spacial score (nSPS) is 15.3. The standard InChI is InChI=1S/C20H22ClFN2O2S/c1-25-17-8-5-13(11-18(17)26-2)20(9-3-4-10-20)24-19(27)23-14-6-7-16(22)15(21)12-14/h5-8,11-12H,3-4,9-10H2,1-2H3,(H2,23,24,27). The van der Waals surface area contributed by atoms with Crippen molar-refractivity contribution < 1.29 is 13.9 Å². The van der Waals surface area contributed by atoms with Crippen LogP contribution in [0.4, 0.5) is 10.1 Å². The fourth-order valence-corrected chi connectivity index (χ4v) is 4.05. The number of halogens is 2. The van der Waals surface area contributed by atoms with E-state index < -0.39 is 5.82 Å². The highest BCUT2D eigenvalue weighted by Gasteiger charge is 2.37. The number of nitrogens with one attached hydrogen (secondary N) is 2. The van der Waals surface area contributed by atoms with Crippen molar-refractivity contribution in [3.8, 4) is 11.5 Å². The lowest BCUT2D eigenvalue weighted by Gasteiger charge is -2.33. The highest BCUT2D eigenvalue weighted by molar-refractivity contribution is 7.80. The minimum atomic E-state index is -0.460. The molecule has 2 aromatic carbocycles. The molecule has 0 amide bonds. The van der Waals surface area contributed by atoms with Crippen molar-refractivity contribution in [3.63, 3.8) is 0 Å². The summed E-state index contributed by atoms with van der Waals surface area (Å²) in [4.78, 5) is 0. The van der Waals surface area contributed by atoms with Gasteiger partial charge in [0.1, 0.15) is 5.82 Å². The van der Waals surface area contributed by atoms with Gasteiger partial charge in [0, 0.05) is 5.69 Å². The second kappa shape index (κ2) is 8.31. The first-order valence-corrected chi connectivity index (χ1v) is 9.53. The van der Waals surface area contributed by atoms with Crippen LogP contribution in [0.2, 0.25) is 5.02 Å². The van der Waals surface area contributed by atoms with Gasteiger partial charge in [0.25, 0.3) is 0 Å². The summed E-state index contributed by atoms with van der Waals surface area (Å²) in [6.45, 7) is 0. The number of methoxy groups -OCH3 is 2. The maximum atomic E-state index is 13.3. The smallest absolute Gasteiger partial charge is 0.171 e. The lowest BCUT2D eigenvalue weighted by molar-refractivity contribution is 0.350. The molecule has 1 fully saturated rings. The van der Waals surface area contributed by atoms with E-state index in [1.165, 1.54) is 12.1 Å². The van der Waals surface area contributed by atoms with Crippen molar-refractivity contribution >= 4 is 34.6 Å². The SMILES string of the molecule is COc1ccc(C2(NC(=S)Nc3ccc(F)c(Cl)c3)CCCC2)cc1OC. The Labute approximate surface area is 169 Å². The summed E-state index contributed by atoms with van der Waals surface area (Å²) in [7, 11) is 3.24. The quantitative estimate of drug-likeness (QED) is 0.661. The second-order valence-corrected chi connectivity index (χ2v) is 7.38. The Bertz CT molecular complexity index is 841. The summed E-state index contributed by atoms with van der Waals surface area (Å²) in [6, 6.07) is 10.4. The molecule has 0 bridgehead atoms. The molecule has 0 heterocycles. The van der Waals surface area contributed by atoms with Gasteiger partial charge in [0.05, 0.1) is 24.8 Å². The summed E-state index contributed by atoms with van der Waals surface area (Å²) in [5.41, 5.74) is 1.45. The molecule has 1 aliphatic rings. The maximum Gasteiger partial charge on any atom is 0.171 e. The van der Waals surface area contributed by atoms with E-state index in [4.69, 9.17) is 33.3 Å². The van der Waals surface area contributed by atoms with Crippen molar-refractivity contribution in [1.82, 2.24) is 5.32 Å². The molecule has 0 aliphatic heterocycles. The van der Waals surface area contributed by atoms with Gasteiger partial charge < -0.3 is 20.1 Å². The van der Waals surface area contributed by atoms with E-state index in [-0.39, 0.29) is 10.6 Å². The first kappa shape index (κ1) is 19.7. The number of hydrogen-bond acceptors (Lipinski definition) is 3. The average Bonchev–Trinajstić information content (AvgIpc) is 3.13. The summed E-state index contributed by atoms with van der Waals surface area (Å²) < 4.78 is 24.1. The Balaban J connectivity index is 1.82. The molecular weight excluding hydrogens is 387 g/mol. The van der Waals surface area contributed by atoms with Crippen molar-refractivity contribution in [2.75, 3.05) is 19.5 Å². The molecule has 1 saturated carbocycles. The summed E-state index contributed by atoms with van der Waals surface area (Å²) >= 11 is 11.4. The van der Waals surface area contributed by atoms with E-state index in [0.717, 1.165) is 31.2 Å². The van der Waals surface area contributed by atoms with E-state index in [1.54, 1.807) is 20.3 Å². The number of ether oxygens (including phenoxy) is 2. The van der Waals surface area contributed by atoms with E-state index >= 15 is 0 Å². The molecule has 0 atom stereocenters. The van der Waals surface area contributed by atoms with Crippen molar-refractivity contribution in [2.45, 2.75) is 31.2 Å². The Morgan fingerprint density at radius 1 is 1.07 bits per heavy atom. The predicted octanol–water partition coefficient (Wildman–Crippen LogP) is 5.25. The first-order chi connectivity index (χ1) is 13.0. The molecule has 0 unspecified atom stereocenters. The topological polar surface area (TPSA) is 42.5 Å².